The van der Waals surface area contributed by atoms with Crippen LogP contribution in [-0.2, 0) is 4.79 Å². The van der Waals surface area contributed by atoms with Gasteiger partial charge in [0.05, 0.1) is 7.11 Å². The predicted octanol–water partition coefficient (Wildman–Crippen LogP) is 4.87. The smallest absolute Gasteiger partial charge is 0.249 e. The van der Waals surface area contributed by atoms with Gasteiger partial charge >= 0.3 is 0 Å². The van der Waals surface area contributed by atoms with Gasteiger partial charge in [-0.05, 0) is 54.9 Å². The van der Waals surface area contributed by atoms with Crippen LogP contribution in [0.2, 0.25) is 0 Å². The van der Waals surface area contributed by atoms with E-state index in [0.29, 0.717) is 24.1 Å². The van der Waals surface area contributed by atoms with Crippen LogP contribution in [0.15, 0.2) is 28.8 Å². The highest BCUT2D eigenvalue weighted by molar-refractivity contribution is 5.77. The normalized spacial score (nSPS) is 18.3. The molecule has 3 rings (SSSR count). The van der Waals surface area contributed by atoms with Crippen LogP contribution in [0.3, 0.4) is 0 Å². The van der Waals surface area contributed by atoms with Crippen LogP contribution in [0.25, 0.3) is 11.4 Å². The monoisotopic (exact) mass is 385 g/mol. The summed E-state index contributed by atoms with van der Waals surface area (Å²) >= 11 is 0. The largest absolute Gasteiger partial charge is 0.497 e. The Bertz CT molecular complexity index is 792. The molecule has 1 saturated heterocycles. The highest BCUT2D eigenvalue weighted by Crippen LogP contribution is 2.34. The maximum absolute atomic E-state index is 12.9. The number of carbonyl (C=O) groups excluding carboxylic acids is 1. The fourth-order valence-corrected chi connectivity index (χ4v) is 4.08. The zero-order valence-electron chi connectivity index (χ0n) is 17.6. The Morgan fingerprint density at radius 3 is 2.68 bits per heavy atom. The lowest BCUT2D eigenvalue weighted by atomic mass is 9.84. The first-order valence-corrected chi connectivity index (χ1v) is 10.0. The zero-order valence-corrected chi connectivity index (χ0v) is 17.6. The SMILES string of the molecule is COc1ccc(-c2noc(C3CCCN3C(=O)CC(C)CC(C)(C)C)n2)cc1. The fraction of sp³-hybridized carbons (Fsp3) is 0.591. The van der Waals surface area contributed by atoms with Crippen molar-refractivity contribution < 1.29 is 14.1 Å². The molecule has 1 aromatic carbocycles. The van der Waals surface area contributed by atoms with Crippen LogP contribution in [0.4, 0.5) is 0 Å². The number of benzene rings is 1. The number of methoxy groups -OCH3 is 1. The molecule has 0 saturated carbocycles. The Hall–Kier alpha value is -2.37. The summed E-state index contributed by atoms with van der Waals surface area (Å²) in [4.78, 5) is 19.4. The maximum Gasteiger partial charge on any atom is 0.249 e. The van der Waals surface area contributed by atoms with Crippen molar-refractivity contribution in [3.05, 3.63) is 30.2 Å². The summed E-state index contributed by atoms with van der Waals surface area (Å²) in [6.07, 6.45) is 3.42. The molecule has 2 unspecified atom stereocenters. The van der Waals surface area contributed by atoms with Gasteiger partial charge in [-0.2, -0.15) is 4.98 Å². The fourth-order valence-electron chi connectivity index (χ4n) is 4.08. The van der Waals surface area contributed by atoms with Crippen LogP contribution < -0.4 is 4.74 Å². The third-order valence-corrected chi connectivity index (χ3v) is 5.13. The summed E-state index contributed by atoms with van der Waals surface area (Å²) < 4.78 is 10.7. The summed E-state index contributed by atoms with van der Waals surface area (Å²) in [7, 11) is 1.63. The molecule has 1 aromatic heterocycles. The maximum atomic E-state index is 12.9. The number of hydrogen-bond acceptors (Lipinski definition) is 5. The topological polar surface area (TPSA) is 68.5 Å². The van der Waals surface area contributed by atoms with Crippen molar-refractivity contribution in [3.63, 3.8) is 0 Å². The molecule has 0 spiro atoms. The van der Waals surface area contributed by atoms with Gasteiger partial charge in [0.2, 0.25) is 17.6 Å². The number of aromatic nitrogens is 2. The van der Waals surface area contributed by atoms with E-state index in [4.69, 9.17) is 9.26 Å². The Labute approximate surface area is 167 Å². The van der Waals surface area contributed by atoms with Gasteiger partial charge in [0.1, 0.15) is 11.8 Å². The molecule has 2 heterocycles. The lowest BCUT2D eigenvalue weighted by Crippen LogP contribution is -2.32. The van der Waals surface area contributed by atoms with E-state index in [1.165, 1.54) is 0 Å². The third-order valence-electron chi connectivity index (χ3n) is 5.13. The molecule has 1 aliphatic heterocycles. The minimum absolute atomic E-state index is 0.117. The second-order valence-corrected chi connectivity index (χ2v) is 9.00. The zero-order chi connectivity index (χ0) is 20.3. The lowest BCUT2D eigenvalue weighted by Gasteiger charge is -2.26. The van der Waals surface area contributed by atoms with Gasteiger partial charge < -0.3 is 14.2 Å². The van der Waals surface area contributed by atoms with Gasteiger partial charge in [-0.3, -0.25) is 4.79 Å². The van der Waals surface area contributed by atoms with Gasteiger partial charge in [0.25, 0.3) is 0 Å². The number of amides is 1. The second-order valence-electron chi connectivity index (χ2n) is 9.00. The van der Waals surface area contributed by atoms with E-state index in [-0.39, 0.29) is 17.4 Å². The first-order valence-electron chi connectivity index (χ1n) is 10.0. The first kappa shape index (κ1) is 20.4. The molecule has 0 N–H and O–H groups in total. The molecule has 1 fully saturated rings. The van der Waals surface area contributed by atoms with Crippen molar-refractivity contribution in [1.82, 2.24) is 15.0 Å². The average molecular weight is 386 g/mol. The molecule has 1 amide bonds. The molecule has 0 aliphatic carbocycles. The molecule has 6 heteroatoms. The highest BCUT2D eigenvalue weighted by Gasteiger charge is 2.34. The Morgan fingerprint density at radius 1 is 1.32 bits per heavy atom. The van der Waals surface area contributed by atoms with E-state index in [9.17, 15) is 4.79 Å². The van der Waals surface area contributed by atoms with E-state index in [0.717, 1.165) is 37.1 Å². The molecular weight excluding hydrogens is 354 g/mol. The molecule has 0 bridgehead atoms. The Balaban J connectivity index is 1.69. The quantitative estimate of drug-likeness (QED) is 0.709. The Morgan fingerprint density at radius 2 is 2.04 bits per heavy atom. The molecule has 28 heavy (non-hydrogen) atoms. The molecule has 2 atom stereocenters. The standard InChI is InChI=1S/C22H31N3O3/c1-15(14-22(2,3)4)13-19(26)25-12-6-7-18(25)21-23-20(24-28-21)16-8-10-17(27-5)11-9-16/h8-11,15,18H,6-7,12-14H2,1-5H3. The van der Waals surface area contributed by atoms with Crippen molar-refractivity contribution in [2.75, 3.05) is 13.7 Å². The average Bonchev–Trinajstić information content (AvgIpc) is 3.29. The van der Waals surface area contributed by atoms with Gasteiger partial charge in [-0.25, -0.2) is 0 Å². The molecule has 2 aromatic rings. The number of rotatable bonds is 6. The van der Waals surface area contributed by atoms with Crippen LogP contribution in [0.5, 0.6) is 5.75 Å². The summed E-state index contributed by atoms with van der Waals surface area (Å²) in [5.41, 5.74) is 1.09. The van der Waals surface area contributed by atoms with Crippen molar-refractivity contribution in [3.8, 4) is 17.1 Å². The molecule has 0 radical (unpaired) electrons. The highest BCUT2D eigenvalue weighted by atomic mass is 16.5. The van der Waals surface area contributed by atoms with E-state index in [1.54, 1.807) is 7.11 Å². The predicted molar refractivity (Wildman–Crippen MR) is 108 cm³/mol. The number of ether oxygens (including phenoxy) is 1. The number of carbonyl (C=O) groups is 1. The molecular formula is C22H31N3O3. The van der Waals surface area contributed by atoms with E-state index in [1.807, 2.05) is 29.2 Å². The number of hydrogen-bond donors (Lipinski definition) is 0. The molecule has 1 aliphatic rings. The van der Waals surface area contributed by atoms with E-state index in [2.05, 4.69) is 37.8 Å². The minimum Gasteiger partial charge on any atom is -0.497 e. The molecule has 152 valence electrons. The van der Waals surface area contributed by atoms with E-state index >= 15 is 0 Å². The van der Waals surface area contributed by atoms with Crippen molar-refractivity contribution >= 4 is 5.91 Å². The first-order chi connectivity index (χ1) is 13.3. The van der Waals surface area contributed by atoms with Gasteiger partial charge in [0, 0.05) is 18.5 Å². The van der Waals surface area contributed by atoms with Crippen LogP contribution >= 0.6 is 0 Å². The number of nitrogens with zero attached hydrogens (tertiary/aromatic N) is 3. The minimum atomic E-state index is -0.117. The Kier molecular flexibility index (Phi) is 6.06. The van der Waals surface area contributed by atoms with Crippen LogP contribution in [0.1, 0.15) is 65.3 Å². The summed E-state index contributed by atoms with van der Waals surface area (Å²) in [5.74, 6) is 2.39. The van der Waals surface area contributed by atoms with Crippen LogP contribution in [-0.4, -0.2) is 34.6 Å². The van der Waals surface area contributed by atoms with Gasteiger partial charge in [-0.15, -0.1) is 0 Å². The van der Waals surface area contributed by atoms with Gasteiger partial charge in [0.15, 0.2) is 0 Å². The third kappa shape index (κ3) is 4.91. The summed E-state index contributed by atoms with van der Waals surface area (Å²) in [6.45, 7) is 9.55. The van der Waals surface area contributed by atoms with Crippen LogP contribution in [0, 0.1) is 11.3 Å². The van der Waals surface area contributed by atoms with E-state index < -0.39 is 0 Å². The van der Waals surface area contributed by atoms with Crippen molar-refractivity contribution in [1.29, 1.82) is 0 Å². The number of likely N-dealkylation sites (tertiary alicyclic amines) is 1. The summed E-state index contributed by atoms with van der Waals surface area (Å²) in [6, 6.07) is 7.42. The van der Waals surface area contributed by atoms with Crippen molar-refractivity contribution in [2.45, 2.75) is 59.4 Å². The second kappa shape index (κ2) is 8.33. The lowest BCUT2D eigenvalue weighted by molar-refractivity contribution is -0.133. The molecule has 6 nitrogen and oxygen atoms in total. The summed E-state index contributed by atoms with van der Waals surface area (Å²) in [5, 5.41) is 4.12. The van der Waals surface area contributed by atoms with Crippen molar-refractivity contribution in [2.24, 2.45) is 11.3 Å². The van der Waals surface area contributed by atoms with Gasteiger partial charge in [-0.1, -0.05) is 32.9 Å².